The third kappa shape index (κ3) is 2.33. The van der Waals surface area contributed by atoms with Gasteiger partial charge in [-0.15, -0.1) is 0 Å². The van der Waals surface area contributed by atoms with E-state index in [1.165, 1.54) is 0 Å². The van der Waals surface area contributed by atoms with Gasteiger partial charge in [0.25, 0.3) is 0 Å². The maximum atomic E-state index is 9.58. The van der Waals surface area contributed by atoms with E-state index in [-0.39, 0.29) is 5.70 Å². The summed E-state index contributed by atoms with van der Waals surface area (Å²) < 4.78 is 0. The molecule has 4 nitrogen and oxygen atoms in total. The van der Waals surface area contributed by atoms with Crippen LogP contribution in [0.4, 0.5) is 0 Å². The van der Waals surface area contributed by atoms with Gasteiger partial charge in [-0.1, -0.05) is 6.58 Å². The Morgan fingerprint density at radius 3 is 2.62 bits per heavy atom. The van der Waals surface area contributed by atoms with Crippen LogP contribution in [-0.2, 0) is 4.79 Å². The fourth-order valence-corrected chi connectivity index (χ4v) is 0.161. The molecule has 0 aliphatic carbocycles. The van der Waals surface area contributed by atoms with Gasteiger partial charge >= 0.3 is 0 Å². The molecule has 0 bridgehead atoms. The van der Waals surface area contributed by atoms with E-state index in [4.69, 9.17) is 10.8 Å². The molecular weight excluding hydrogens is 108 g/mol. The van der Waals surface area contributed by atoms with E-state index in [1.807, 2.05) is 0 Å². The van der Waals surface area contributed by atoms with Crippen LogP contribution in [0.3, 0.4) is 0 Å². The molecule has 0 rings (SSSR count). The second kappa shape index (κ2) is 3.17. The Morgan fingerprint density at radius 2 is 2.50 bits per heavy atom. The zero-order valence-electron chi connectivity index (χ0n) is 4.29. The molecule has 0 heterocycles. The van der Waals surface area contributed by atoms with Crippen LogP contribution in [0.5, 0.6) is 0 Å². The van der Waals surface area contributed by atoms with Crippen molar-refractivity contribution in [3.8, 4) is 0 Å². The number of carbonyl (C=O) groups is 1. The number of rotatable bonds is 3. The Hall–Kier alpha value is -0.870. The highest BCUT2D eigenvalue weighted by molar-refractivity contribution is 5.49. The standard InChI is InChI=1S/C4H8N2O2/c1-3(4(5)8)6-2-7/h2,4,8H,1,5H2,(H,6,7). The summed E-state index contributed by atoms with van der Waals surface area (Å²) in [5.41, 5.74) is 4.95. The molecule has 4 heteroatoms. The number of aliphatic hydroxyl groups excluding tert-OH is 1. The lowest BCUT2D eigenvalue weighted by Crippen LogP contribution is -2.29. The largest absolute Gasteiger partial charge is 0.373 e. The van der Waals surface area contributed by atoms with Crippen molar-refractivity contribution in [2.75, 3.05) is 0 Å². The first-order chi connectivity index (χ1) is 3.68. The molecule has 1 amide bonds. The molecule has 1 unspecified atom stereocenters. The van der Waals surface area contributed by atoms with Gasteiger partial charge < -0.3 is 16.2 Å². The lowest BCUT2D eigenvalue weighted by atomic mass is 10.4. The monoisotopic (exact) mass is 116 g/mol. The molecule has 0 saturated carbocycles. The summed E-state index contributed by atoms with van der Waals surface area (Å²) >= 11 is 0. The molecule has 0 aliphatic heterocycles. The zero-order chi connectivity index (χ0) is 6.57. The molecule has 1 atom stereocenters. The maximum Gasteiger partial charge on any atom is 0.211 e. The third-order valence-electron chi connectivity index (χ3n) is 0.601. The number of nitrogens with two attached hydrogens (primary N) is 1. The maximum absolute atomic E-state index is 9.58. The van der Waals surface area contributed by atoms with Crippen molar-refractivity contribution in [1.29, 1.82) is 0 Å². The highest BCUT2D eigenvalue weighted by Crippen LogP contribution is 1.81. The summed E-state index contributed by atoms with van der Waals surface area (Å²) in [6.07, 6.45) is -0.765. The lowest BCUT2D eigenvalue weighted by Gasteiger charge is -2.03. The van der Waals surface area contributed by atoms with E-state index < -0.39 is 6.23 Å². The minimum Gasteiger partial charge on any atom is -0.373 e. The Kier molecular flexibility index (Phi) is 2.83. The molecule has 8 heavy (non-hydrogen) atoms. The average molecular weight is 116 g/mol. The van der Waals surface area contributed by atoms with E-state index >= 15 is 0 Å². The number of hydrogen-bond acceptors (Lipinski definition) is 3. The van der Waals surface area contributed by atoms with Crippen LogP contribution in [0.15, 0.2) is 12.3 Å². The van der Waals surface area contributed by atoms with E-state index in [2.05, 4.69) is 11.9 Å². The van der Waals surface area contributed by atoms with Crippen LogP contribution < -0.4 is 11.1 Å². The minimum absolute atomic E-state index is 0.0972. The Bertz CT molecular complexity index is 100. The van der Waals surface area contributed by atoms with E-state index in [0.29, 0.717) is 6.41 Å². The molecule has 0 aromatic rings. The predicted molar refractivity (Wildman–Crippen MR) is 28.5 cm³/mol. The molecule has 0 aromatic carbocycles. The molecule has 0 aromatic heterocycles. The SMILES string of the molecule is C=C(NC=O)C(N)O. The number of amides is 1. The quantitative estimate of drug-likeness (QED) is 0.311. The molecule has 0 radical (unpaired) electrons. The summed E-state index contributed by atoms with van der Waals surface area (Å²) in [6, 6.07) is 0. The van der Waals surface area contributed by atoms with Gasteiger partial charge in [0.15, 0.2) is 0 Å². The van der Waals surface area contributed by atoms with Gasteiger partial charge in [0.05, 0.1) is 5.70 Å². The van der Waals surface area contributed by atoms with Crippen molar-refractivity contribution in [1.82, 2.24) is 5.32 Å². The van der Waals surface area contributed by atoms with Gasteiger partial charge in [-0.2, -0.15) is 0 Å². The number of hydrogen-bond donors (Lipinski definition) is 3. The van der Waals surface area contributed by atoms with Gasteiger partial charge in [-0.25, -0.2) is 0 Å². The summed E-state index contributed by atoms with van der Waals surface area (Å²) in [5, 5.41) is 10.5. The van der Waals surface area contributed by atoms with Gasteiger partial charge in [0, 0.05) is 0 Å². The third-order valence-corrected chi connectivity index (χ3v) is 0.601. The van der Waals surface area contributed by atoms with E-state index in [0.717, 1.165) is 0 Å². The van der Waals surface area contributed by atoms with Crippen LogP contribution in [-0.4, -0.2) is 17.7 Å². The number of nitrogens with one attached hydrogen (secondary N) is 1. The van der Waals surface area contributed by atoms with Crippen LogP contribution in [0.1, 0.15) is 0 Å². The predicted octanol–water partition coefficient (Wildman–Crippen LogP) is -1.48. The first kappa shape index (κ1) is 7.13. The van der Waals surface area contributed by atoms with Crippen molar-refractivity contribution < 1.29 is 9.90 Å². The molecular formula is C4H8N2O2. The van der Waals surface area contributed by atoms with Crippen molar-refractivity contribution >= 4 is 6.41 Å². The molecule has 4 N–H and O–H groups in total. The second-order valence-corrected chi connectivity index (χ2v) is 1.23. The average Bonchev–Trinajstić information content (AvgIpc) is 1.67. The van der Waals surface area contributed by atoms with Crippen molar-refractivity contribution in [3.63, 3.8) is 0 Å². The zero-order valence-corrected chi connectivity index (χ0v) is 4.29. The number of carbonyl (C=O) groups excluding carboxylic acids is 1. The summed E-state index contributed by atoms with van der Waals surface area (Å²) in [4.78, 5) is 9.58. The van der Waals surface area contributed by atoms with Gasteiger partial charge in [0.1, 0.15) is 6.23 Å². The van der Waals surface area contributed by atoms with Crippen molar-refractivity contribution in [2.24, 2.45) is 5.73 Å². The van der Waals surface area contributed by atoms with Crippen LogP contribution in [0, 0.1) is 0 Å². The Balaban J connectivity index is 3.48. The molecule has 0 fully saturated rings. The second-order valence-electron chi connectivity index (χ2n) is 1.23. The highest BCUT2D eigenvalue weighted by atomic mass is 16.3. The molecule has 0 saturated heterocycles. The van der Waals surface area contributed by atoms with Crippen LogP contribution in [0.2, 0.25) is 0 Å². The van der Waals surface area contributed by atoms with E-state index in [1.54, 1.807) is 0 Å². The first-order valence-electron chi connectivity index (χ1n) is 2.01. The van der Waals surface area contributed by atoms with Crippen LogP contribution >= 0.6 is 0 Å². The molecule has 0 aliphatic rings. The summed E-state index contributed by atoms with van der Waals surface area (Å²) in [7, 11) is 0. The summed E-state index contributed by atoms with van der Waals surface area (Å²) in [5.74, 6) is 0. The first-order valence-corrected chi connectivity index (χ1v) is 2.01. The normalized spacial score (nSPS) is 12.2. The van der Waals surface area contributed by atoms with Gasteiger partial charge in [-0.05, 0) is 0 Å². The van der Waals surface area contributed by atoms with Crippen molar-refractivity contribution in [3.05, 3.63) is 12.3 Å². The topological polar surface area (TPSA) is 75.4 Å². The molecule has 46 valence electrons. The lowest BCUT2D eigenvalue weighted by molar-refractivity contribution is -0.109. The smallest absolute Gasteiger partial charge is 0.211 e. The minimum atomic E-state index is -1.17. The summed E-state index contributed by atoms with van der Waals surface area (Å²) in [6.45, 7) is 3.23. The number of aliphatic hydroxyl groups is 1. The Labute approximate surface area is 47.0 Å². The van der Waals surface area contributed by atoms with Crippen molar-refractivity contribution in [2.45, 2.75) is 6.23 Å². The Morgan fingerprint density at radius 1 is 2.00 bits per heavy atom. The fourth-order valence-electron chi connectivity index (χ4n) is 0.161. The highest BCUT2D eigenvalue weighted by Gasteiger charge is 1.97. The fraction of sp³-hybridized carbons (Fsp3) is 0.250. The van der Waals surface area contributed by atoms with E-state index in [9.17, 15) is 4.79 Å². The van der Waals surface area contributed by atoms with Gasteiger partial charge in [-0.3, -0.25) is 4.79 Å². The van der Waals surface area contributed by atoms with Gasteiger partial charge in [0.2, 0.25) is 6.41 Å². The van der Waals surface area contributed by atoms with Crippen LogP contribution in [0.25, 0.3) is 0 Å². The molecule has 0 spiro atoms.